The topological polar surface area (TPSA) is 43.1 Å². The van der Waals surface area contributed by atoms with E-state index in [-0.39, 0.29) is 5.70 Å². The van der Waals surface area contributed by atoms with Gasteiger partial charge in [0.1, 0.15) is 0 Å². The molecule has 0 unspecified atom stereocenters. The Bertz CT molecular complexity index is 418. The molecule has 0 N–H and O–H groups in total. The Morgan fingerprint density at radius 2 is 2.33 bits per heavy atom. The Morgan fingerprint density at radius 3 is 2.80 bits per heavy atom. The molecule has 0 amide bonds. The lowest BCUT2D eigenvalue weighted by Gasteiger charge is -2.00. The summed E-state index contributed by atoms with van der Waals surface area (Å²) in [6.07, 6.45) is 1.47. The first-order valence-electron chi connectivity index (χ1n) is 4.21. The molecule has 80 valence electrons. The van der Waals surface area contributed by atoms with E-state index in [9.17, 15) is 10.1 Å². The summed E-state index contributed by atoms with van der Waals surface area (Å²) in [5, 5.41) is 11.0. The third-order valence-electron chi connectivity index (χ3n) is 1.87. The molecule has 0 radical (unpaired) electrons. The van der Waals surface area contributed by atoms with Gasteiger partial charge in [0, 0.05) is 22.4 Å². The fourth-order valence-electron chi connectivity index (χ4n) is 1.05. The van der Waals surface area contributed by atoms with Crippen LogP contribution in [0.5, 0.6) is 0 Å². The Labute approximate surface area is 106 Å². The summed E-state index contributed by atoms with van der Waals surface area (Å²) in [6, 6.07) is 5.54. The van der Waals surface area contributed by atoms with Gasteiger partial charge < -0.3 is 0 Å². The van der Waals surface area contributed by atoms with Gasteiger partial charge in [0.2, 0.25) is 5.70 Å². The highest BCUT2D eigenvalue weighted by Gasteiger charge is 2.05. The molecular weight excluding hydrogens is 328 g/mol. The van der Waals surface area contributed by atoms with Crippen LogP contribution in [-0.2, 0) is 4.43 Å². The van der Waals surface area contributed by atoms with E-state index in [1.807, 2.05) is 12.1 Å². The molecular formula is C10H9ClINO2. The van der Waals surface area contributed by atoms with Crippen LogP contribution in [0, 0.1) is 10.1 Å². The van der Waals surface area contributed by atoms with Crippen LogP contribution in [0.25, 0.3) is 6.08 Å². The van der Waals surface area contributed by atoms with E-state index in [4.69, 9.17) is 11.6 Å². The van der Waals surface area contributed by atoms with Crippen molar-refractivity contribution in [1.82, 2.24) is 0 Å². The summed E-state index contributed by atoms with van der Waals surface area (Å²) in [5.41, 5.74) is 1.87. The Morgan fingerprint density at radius 1 is 1.67 bits per heavy atom. The summed E-state index contributed by atoms with van der Waals surface area (Å²) in [4.78, 5) is 10.0. The molecule has 3 nitrogen and oxygen atoms in total. The van der Waals surface area contributed by atoms with Gasteiger partial charge in [0.25, 0.3) is 0 Å². The van der Waals surface area contributed by atoms with Gasteiger partial charge in [0.05, 0.1) is 4.92 Å². The summed E-state index contributed by atoms with van der Waals surface area (Å²) in [6.45, 7) is 1.45. The third-order valence-corrected chi connectivity index (χ3v) is 3.08. The summed E-state index contributed by atoms with van der Waals surface area (Å²) in [5.74, 6) is 0. The number of nitro groups is 1. The minimum absolute atomic E-state index is 0.0825. The summed E-state index contributed by atoms with van der Waals surface area (Å²) < 4.78 is 0.871. The maximum Gasteiger partial charge on any atom is 0.243 e. The number of halogens is 2. The Kier molecular flexibility index (Phi) is 4.53. The number of benzene rings is 1. The highest BCUT2D eigenvalue weighted by atomic mass is 127. The molecule has 0 bridgehead atoms. The number of alkyl halides is 1. The first-order chi connectivity index (χ1) is 7.04. The van der Waals surface area contributed by atoms with Crippen LogP contribution >= 0.6 is 34.2 Å². The fourth-order valence-corrected chi connectivity index (χ4v) is 1.78. The van der Waals surface area contributed by atoms with Gasteiger partial charge in [-0.15, -0.1) is 0 Å². The van der Waals surface area contributed by atoms with Gasteiger partial charge in [-0.25, -0.2) is 0 Å². The second kappa shape index (κ2) is 5.46. The Hall–Kier alpha value is -0.620. The quantitative estimate of drug-likeness (QED) is 0.363. The molecule has 5 heteroatoms. The van der Waals surface area contributed by atoms with E-state index in [0.29, 0.717) is 10.6 Å². The van der Waals surface area contributed by atoms with Crippen LogP contribution in [0.3, 0.4) is 0 Å². The van der Waals surface area contributed by atoms with E-state index in [1.165, 1.54) is 13.0 Å². The van der Waals surface area contributed by atoms with Gasteiger partial charge in [-0.3, -0.25) is 10.1 Å². The number of hydrogen-bond acceptors (Lipinski definition) is 2. The van der Waals surface area contributed by atoms with Crippen molar-refractivity contribution < 1.29 is 4.92 Å². The van der Waals surface area contributed by atoms with Crippen LogP contribution in [0.15, 0.2) is 23.9 Å². The van der Waals surface area contributed by atoms with Crippen LogP contribution in [0.4, 0.5) is 0 Å². The van der Waals surface area contributed by atoms with Crippen molar-refractivity contribution in [2.45, 2.75) is 11.4 Å². The average molecular weight is 338 g/mol. The van der Waals surface area contributed by atoms with Crippen molar-refractivity contribution in [2.75, 3.05) is 0 Å². The smallest absolute Gasteiger partial charge is 0.243 e. The molecule has 1 aromatic rings. The van der Waals surface area contributed by atoms with Crippen LogP contribution in [-0.4, -0.2) is 4.92 Å². The van der Waals surface area contributed by atoms with Crippen molar-refractivity contribution in [3.05, 3.63) is 50.2 Å². The lowest BCUT2D eigenvalue weighted by Crippen LogP contribution is -1.93. The lowest BCUT2D eigenvalue weighted by molar-refractivity contribution is -0.422. The zero-order valence-corrected chi connectivity index (χ0v) is 10.9. The third kappa shape index (κ3) is 3.46. The average Bonchev–Trinajstić information content (AvgIpc) is 2.20. The molecule has 0 atom stereocenters. The van der Waals surface area contributed by atoms with Crippen LogP contribution in [0.2, 0.25) is 5.02 Å². The molecule has 0 saturated carbocycles. The molecule has 15 heavy (non-hydrogen) atoms. The number of nitrogens with zero attached hydrogens (tertiary/aromatic N) is 1. The lowest BCUT2D eigenvalue weighted by atomic mass is 10.1. The van der Waals surface area contributed by atoms with Crippen LogP contribution in [0.1, 0.15) is 18.1 Å². The van der Waals surface area contributed by atoms with Gasteiger partial charge in [-0.1, -0.05) is 46.3 Å². The minimum atomic E-state index is -0.428. The SMILES string of the molecule is C/C(=C\c1ccc(CI)cc1Cl)[N+](=O)[O-]. The second-order valence-electron chi connectivity index (χ2n) is 3.03. The highest BCUT2D eigenvalue weighted by Crippen LogP contribution is 2.21. The molecule has 0 saturated heterocycles. The van der Waals surface area contributed by atoms with Gasteiger partial charge >= 0.3 is 0 Å². The van der Waals surface area contributed by atoms with Gasteiger partial charge in [-0.05, 0) is 17.2 Å². The minimum Gasteiger partial charge on any atom is -0.259 e. The summed E-state index contributed by atoms with van der Waals surface area (Å²) >= 11 is 8.22. The van der Waals surface area contributed by atoms with Crippen molar-refractivity contribution in [3.63, 3.8) is 0 Å². The van der Waals surface area contributed by atoms with E-state index in [1.54, 1.807) is 6.07 Å². The molecule has 0 aliphatic carbocycles. The van der Waals surface area contributed by atoms with Gasteiger partial charge in [0.15, 0.2) is 0 Å². The zero-order chi connectivity index (χ0) is 11.4. The van der Waals surface area contributed by atoms with E-state index < -0.39 is 4.92 Å². The molecule has 0 aliphatic heterocycles. The van der Waals surface area contributed by atoms with Crippen molar-refractivity contribution in [1.29, 1.82) is 0 Å². The largest absolute Gasteiger partial charge is 0.259 e. The molecule has 0 spiro atoms. The maximum absolute atomic E-state index is 10.4. The standard InChI is InChI=1S/C10H9ClINO2/c1-7(13(14)15)4-9-3-2-8(6-12)5-10(9)11/h2-5H,6H2,1H3/b7-4+. The first-order valence-corrected chi connectivity index (χ1v) is 6.12. The summed E-state index contributed by atoms with van der Waals surface area (Å²) in [7, 11) is 0. The van der Waals surface area contributed by atoms with Crippen molar-refractivity contribution in [3.8, 4) is 0 Å². The number of hydrogen-bond donors (Lipinski definition) is 0. The predicted octanol–water partition coefficient (Wildman–Crippen LogP) is 3.91. The predicted molar refractivity (Wildman–Crippen MR) is 69.8 cm³/mol. The van der Waals surface area contributed by atoms with Crippen molar-refractivity contribution >= 4 is 40.3 Å². The fraction of sp³-hybridized carbons (Fsp3) is 0.200. The van der Waals surface area contributed by atoms with E-state index in [2.05, 4.69) is 22.6 Å². The number of allylic oxidation sites excluding steroid dienone is 1. The molecule has 0 aromatic heterocycles. The highest BCUT2D eigenvalue weighted by molar-refractivity contribution is 14.1. The normalized spacial score (nSPS) is 11.5. The zero-order valence-electron chi connectivity index (χ0n) is 8.04. The second-order valence-corrected chi connectivity index (χ2v) is 4.20. The monoisotopic (exact) mass is 337 g/mol. The molecule has 1 aromatic carbocycles. The number of rotatable bonds is 3. The van der Waals surface area contributed by atoms with Crippen molar-refractivity contribution in [2.24, 2.45) is 0 Å². The molecule has 0 heterocycles. The molecule has 0 fully saturated rings. The van der Waals surface area contributed by atoms with Crippen LogP contribution < -0.4 is 0 Å². The van der Waals surface area contributed by atoms with E-state index >= 15 is 0 Å². The first kappa shape index (κ1) is 12.4. The Balaban J connectivity index is 3.07. The molecule has 1 rings (SSSR count). The maximum atomic E-state index is 10.4. The van der Waals surface area contributed by atoms with Gasteiger partial charge in [-0.2, -0.15) is 0 Å². The molecule has 0 aliphatic rings. The van der Waals surface area contributed by atoms with E-state index in [0.717, 1.165) is 9.99 Å².